The van der Waals surface area contributed by atoms with Crippen LogP contribution in [0.1, 0.15) is 42.5 Å². The number of fused-ring (bicyclic) bond motifs is 1. The molecule has 0 bridgehead atoms. The summed E-state index contributed by atoms with van der Waals surface area (Å²) in [7, 11) is 1.67. The minimum absolute atomic E-state index is 0.444. The first kappa shape index (κ1) is 23.5. The van der Waals surface area contributed by atoms with Crippen molar-refractivity contribution in [1.82, 2.24) is 10.3 Å². The minimum atomic E-state index is -1.31. The van der Waals surface area contributed by atoms with Crippen molar-refractivity contribution in [3.05, 3.63) is 95.2 Å². The average Bonchev–Trinajstić information content (AvgIpc) is 3.16. The van der Waals surface area contributed by atoms with Crippen LogP contribution in [-0.4, -0.2) is 24.1 Å². The molecule has 0 radical (unpaired) electrons. The molecule has 1 atom stereocenters. The van der Waals surface area contributed by atoms with E-state index in [0.717, 1.165) is 46.2 Å². The number of rotatable bonds is 7. The van der Waals surface area contributed by atoms with Gasteiger partial charge in [0.05, 0.1) is 12.8 Å². The second kappa shape index (κ2) is 9.46. The molecule has 1 aromatic heterocycles. The number of aromatic nitrogens is 1. The van der Waals surface area contributed by atoms with Crippen LogP contribution in [0.5, 0.6) is 5.75 Å². The molecule has 6 nitrogen and oxygen atoms in total. The number of amides is 2. The predicted octanol–water partition coefficient (Wildman–Crippen LogP) is 5.94. The van der Waals surface area contributed by atoms with Crippen molar-refractivity contribution in [3.8, 4) is 17.0 Å². The van der Waals surface area contributed by atoms with E-state index in [0.29, 0.717) is 12.0 Å². The number of nitrogens with zero attached hydrogens (tertiary/aromatic N) is 1. The van der Waals surface area contributed by atoms with Crippen molar-refractivity contribution in [2.45, 2.75) is 38.7 Å². The predicted molar refractivity (Wildman–Crippen MR) is 139 cm³/mol. The number of nitrogens with one attached hydrogen (secondary N) is 1. The highest BCUT2D eigenvalue weighted by Crippen LogP contribution is 2.33. The lowest BCUT2D eigenvalue weighted by Gasteiger charge is -2.20. The first-order valence-corrected chi connectivity index (χ1v) is 12.1. The molecule has 1 saturated heterocycles. The Morgan fingerprint density at radius 3 is 2.61 bits per heavy atom. The smallest absolute Gasteiger partial charge is 0.415 e. The van der Waals surface area contributed by atoms with Gasteiger partial charge in [0.25, 0.3) is 5.91 Å². The summed E-state index contributed by atoms with van der Waals surface area (Å²) >= 11 is 0. The summed E-state index contributed by atoms with van der Waals surface area (Å²) in [6.07, 6.45) is 3.79. The van der Waals surface area contributed by atoms with Gasteiger partial charge in [-0.3, -0.25) is 15.1 Å². The van der Waals surface area contributed by atoms with Crippen LogP contribution in [0.3, 0.4) is 0 Å². The zero-order valence-electron chi connectivity index (χ0n) is 20.6. The lowest BCUT2D eigenvalue weighted by Crippen LogP contribution is -2.33. The zero-order valence-corrected chi connectivity index (χ0v) is 20.6. The van der Waals surface area contributed by atoms with E-state index in [1.54, 1.807) is 14.0 Å². The maximum absolute atomic E-state index is 12.3. The van der Waals surface area contributed by atoms with E-state index in [2.05, 4.69) is 36.5 Å². The number of benzene rings is 3. The van der Waals surface area contributed by atoms with E-state index in [-0.39, 0.29) is 0 Å². The molecule has 1 aliphatic rings. The van der Waals surface area contributed by atoms with Gasteiger partial charge in [-0.15, -0.1) is 0 Å². The second-order valence-corrected chi connectivity index (χ2v) is 9.23. The van der Waals surface area contributed by atoms with Crippen molar-refractivity contribution in [1.29, 1.82) is 0 Å². The lowest BCUT2D eigenvalue weighted by molar-refractivity contribution is -0.130. The molecule has 6 heteroatoms. The first-order valence-electron chi connectivity index (χ1n) is 12.1. The molecule has 36 heavy (non-hydrogen) atoms. The van der Waals surface area contributed by atoms with E-state index >= 15 is 0 Å². The second-order valence-electron chi connectivity index (χ2n) is 9.23. The Hall–Kier alpha value is -4.19. The number of methoxy groups -OCH3 is 1. The molecule has 1 aliphatic heterocycles. The number of imide groups is 1. The van der Waals surface area contributed by atoms with E-state index in [1.165, 1.54) is 11.1 Å². The maximum atomic E-state index is 12.3. The molecule has 3 aromatic carbocycles. The fourth-order valence-electron chi connectivity index (χ4n) is 4.82. The number of hydrogen-bond donors (Lipinski definition) is 1. The Morgan fingerprint density at radius 1 is 1.00 bits per heavy atom. The summed E-state index contributed by atoms with van der Waals surface area (Å²) in [6, 6.07) is 22.3. The Balaban J connectivity index is 1.49. The highest BCUT2D eigenvalue weighted by molar-refractivity contribution is 6.03. The van der Waals surface area contributed by atoms with Gasteiger partial charge in [-0.25, -0.2) is 4.79 Å². The molecule has 0 saturated carbocycles. The van der Waals surface area contributed by atoms with Gasteiger partial charge in [-0.1, -0.05) is 49.7 Å². The van der Waals surface area contributed by atoms with E-state index < -0.39 is 17.6 Å². The molecule has 2 amide bonds. The Bertz CT molecular complexity index is 1480. The summed E-state index contributed by atoms with van der Waals surface area (Å²) in [5.41, 5.74) is 4.90. The molecule has 1 N–H and O–H groups in total. The number of pyridine rings is 1. The van der Waals surface area contributed by atoms with Crippen LogP contribution in [0.2, 0.25) is 0 Å². The molecule has 5 rings (SSSR count). The minimum Gasteiger partial charge on any atom is -0.497 e. The van der Waals surface area contributed by atoms with Crippen LogP contribution >= 0.6 is 0 Å². The topological polar surface area (TPSA) is 77.5 Å². The van der Waals surface area contributed by atoms with Gasteiger partial charge >= 0.3 is 6.09 Å². The standard InChI is InChI=1S/C30H28N2O4/c1-4-6-20-17-23(27-26-12-11-25(35-3)18-22(26)13-14-31-27)10-9-21(20)15-19-7-5-8-24(16-19)30(2)28(33)32-29(34)36-30/h5,7-14,16-18H,4,6,15H2,1-3H3,(H,32,33,34)/t30-/m1/s1. The van der Waals surface area contributed by atoms with Gasteiger partial charge in [0, 0.05) is 22.7 Å². The third-order valence-corrected chi connectivity index (χ3v) is 6.79. The molecule has 0 unspecified atom stereocenters. The zero-order chi connectivity index (χ0) is 25.3. The summed E-state index contributed by atoms with van der Waals surface area (Å²) in [6.45, 7) is 3.80. The fourth-order valence-corrected chi connectivity index (χ4v) is 4.82. The van der Waals surface area contributed by atoms with Crippen LogP contribution in [0.25, 0.3) is 22.0 Å². The SMILES string of the molecule is CCCc1cc(-c2nccc3cc(OC)ccc23)ccc1Cc1cccc([C@@]2(C)OC(=O)NC2=O)c1. The van der Waals surface area contributed by atoms with Crippen molar-refractivity contribution in [3.63, 3.8) is 0 Å². The third kappa shape index (κ3) is 4.31. The Morgan fingerprint density at radius 2 is 1.86 bits per heavy atom. The quantitative estimate of drug-likeness (QED) is 0.354. The van der Waals surface area contributed by atoms with Crippen molar-refractivity contribution in [2.75, 3.05) is 7.11 Å². The number of carbonyl (C=O) groups is 2. The highest BCUT2D eigenvalue weighted by Gasteiger charge is 2.46. The number of cyclic esters (lactones) is 1. The number of hydrogen-bond acceptors (Lipinski definition) is 5. The van der Waals surface area contributed by atoms with Crippen LogP contribution in [-0.2, 0) is 28.0 Å². The molecule has 0 spiro atoms. The summed E-state index contributed by atoms with van der Waals surface area (Å²) < 4.78 is 10.7. The van der Waals surface area contributed by atoms with Gasteiger partial charge in [0.2, 0.25) is 5.60 Å². The summed E-state index contributed by atoms with van der Waals surface area (Å²) in [5.74, 6) is 0.378. The number of ether oxygens (including phenoxy) is 2. The highest BCUT2D eigenvalue weighted by atomic mass is 16.6. The number of alkyl carbamates (subject to hydrolysis) is 1. The molecule has 4 aromatic rings. The number of carbonyl (C=O) groups excluding carboxylic acids is 2. The molecular formula is C30H28N2O4. The van der Waals surface area contributed by atoms with E-state index in [9.17, 15) is 9.59 Å². The Kier molecular flexibility index (Phi) is 6.18. The first-order chi connectivity index (χ1) is 17.4. The average molecular weight is 481 g/mol. The van der Waals surface area contributed by atoms with Crippen LogP contribution in [0.4, 0.5) is 4.79 Å². The molecular weight excluding hydrogens is 452 g/mol. The van der Waals surface area contributed by atoms with E-state index in [4.69, 9.17) is 14.5 Å². The maximum Gasteiger partial charge on any atom is 0.415 e. The van der Waals surface area contributed by atoms with Gasteiger partial charge in [-0.2, -0.15) is 0 Å². The third-order valence-electron chi connectivity index (χ3n) is 6.79. The molecule has 182 valence electrons. The summed E-state index contributed by atoms with van der Waals surface area (Å²) in [5, 5.41) is 4.40. The fraction of sp³-hybridized carbons (Fsp3) is 0.233. The van der Waals surface area contributed by atoms with Crippen LogP contribution in [0.15, 0.2) is 72.9 Å². The van der Waals surface area contributed by atoms with Gasteiger partial charge < -0.3 is 9.47 Å². The largest absolute Gasteiger partial charge is 0.497 e. The van der Waals surface area contributed by atoms with Crippen LogP contribution in [0, 0.1) is 0 Å². The molecule has 0 aliphatic carbocycles. The number of aryl methyl sites for hydroxylation is 1. The monoisotopic (exact) mass is 480 g/mol. The molecule has 1 fully saturated rings. The molecule has 2 heterocycles. The van der Waals surface area contributed by atoms with E-state index in [1.807, 2.05) is 48.7 Å². The van der Waals surface area contributed by atoms with Crippen molar-refractivity contribution >= 4 is 22.8 Å². The van der Waals surface area contributed by atoms with Gasteiger partial charge in [-0.05, 0) is 72.2 Å². The normalized spacial score (nSPS) is 17.2. The van der Waals surface area contributed by atoms with Gasteiger partial charge in [0.15, 0.2) is 0 Å². The summed E-state index contributed by atoms with van der Waals surface area (Å²) in [4.78, 5) is 28.7. The van der Waals surface area contributed by atoms with Crippen molar-refractivity contribution in [2.24, 2.45) is 0 Å². The van der Waals surface area contributed by atoms with Crippen LogP contribution < -0.4 is 10.1 Å². The Labute approximate surface area is 210 Å². The van der Waals surface area contributed by atoms with Crippen molar-refractivity contribution < 1.29 is 19.1 Å². The van der Waals surface area contributed by atoms with Gasteiger partial charge in [0.1, 0.15) is 5.75 Å². The lowest BCUT2D eigenvalue weighted by atomic mass is 9.90.